The van der Waals surface area contributed by atoms with Gasteiger partial charge in [0.2, 0.25) is 5.91 Å². The summed E-state index contributed by atoms with van der Waals surface area (Å²) < 4.78 is 1.19. The summed E-state index contributed by atoms with van der Waals surface area (Å²) >= 11 is 6.70. The van der Waals surface area contributed by atoms with Crippen LogP contribution in [0.5, 0.6) is 0 Å². The highest BCUT2D eigenvalue weighted by atomic mass is 32.1. The molecule has 3 rings (SSSR count). The molecule has 0 fully saturated rings. The van der Waals surface area contributed by atoms with Gasteiger partial charge < -0.3 is 10.6 Å². The summed E-state index contributed by atoms with van der Waals surface area (Å²) in [6.07, 6.45) is 0. The largest absolute Gasteiger partial charge is 0.358 e. The Bertz CT molecular complexity index is 823. The second-order valence-corrected chi connectivity index (χ2v) is 6.49. The van der Waals surface area contributed by atoms with Crippen LogP contribution in [-0.2, 0) is 11.3 Å². The van der Waals surface area contributed by atoms with E-state index in [0.717, 1.165) is 21.7 Å². The monoisotopic (exact) mass is 341 g/mol. The van der Waals surface area contributed by atoms with Crippen molar-refractivity contribution in [3.8, 4) is 10.6 Å². The van der Waals surface area contributed by atoms with Crippen LogP contribution in [0.4, 0.5) is 0 Å². The molecule has 0 bridgehead atoms. The molecular weight excluding hydrogens is 326 g/mol. The molecule has 0 spiro atoms. The standard InChI is InChI=1S/C17H15N3OS2/c1-11(21)19-17(22)18-10-12-6-8-13(9-7-12)16-20-14-4-2-3-5-15(14)23-16/h2-9H,10H2,1H3,(H2,18,19,21,22). The Balaban J connectivity index is 1.69. The molecule has 0 aliphatic heterocycles. The molecule has 0 aliphatic rings. The van der Waals surface area contributed by atoms with Gasteiger partial charge in [0.25, 0.3) is 0 Å². The van der Waals surface area contributed by atoms with Crippen LogP contribution in [0.25, 0.3) is 20.8 Å². The van der Waals surface area contributed by atoms with E-state index >= 15 is 0 Å². The summed E-state index contributed by atoms with van der Waals surface area (Å²) in [5.41, 5.74) is 3.21. The number of benzene rings is 2. The van der Waals surface area contributed by atoms with Crippen LogP contribution >= 0.6 is 23.6 Å². The van der Waals surface area contributed by atoms with Crippen molar-refractivity contribution in [2.75, 3.05) is 0 Å². The maximum atomic E-state index is 10.9. The molecule has 1 aromatic heterocycles. The third-order valence-corrected chi connectivity index (χ3v) is 4.57. The first-order valence-corrected chi connectivity index (χ1v) is 8.34. The zero-order valence-electron chi connectivity index (χ0n) is 12.5. The molecule has 0 atom stereocenters. The summed E-state index contributed by atoms with van der Waals surface area (Å²) in [5, 5.41) is 6.89. The van der Waals surface area contributed by atoms with Gasteiger partial charge in [-0.15, -0.1) is 11.3 Å². The van der Waals surface area contributed by atoms with Gasteiger partial charge in [-0.25, -0.2) is 4.98 Å². The number of aromatic nitrogens is 1. The van der Waals surface area contributed by atoms with E-state index in [-0.39, 0.29) is 5.91 Å². The van der Waals surface area contributed by atoms with Gasteiger partial charge in [0.15, 0.2) is 5.11 Å². The molecule has 3 aromatic rings. The molecule has 0 saturated heterocycles. The number of nitrogens with zero attached hydrogens (tertiary/aromatic N) is 1. The number of para-hydroxylation sites is 1. The fourth-order valence-corrected chi connectivity index (χ4v) is 3.33. The van der Waals surface area contributed by atoms with Crippen LogP contribution < -0.4 is 10.6 Å². The average molecular weight is 341 g/mol. The summed E-state index contributed by atoms with van der Waals surface area (Å²) in [4.78, 5) is 15.6. The summed E-state index contributed by atoms with van der Waals surface area (Å²) in [6.45, 7) is 2.00. The lowest BCUT2D eigenvalue weighted by molar-refractivity contribution is -0.117. The lowest BCUT2D eigenvalue weighted by Crippen LogP contribution is -2.37. The van der Waals surface area contributed by atoms with Crippen LogP contribution in [0.2, 0.25) is 0 Å². The molecule has 0 saturated carbocycles. The number of hydrogen-bond donors (Lipinski definition) is 2. The average Bonchev–Trinajstić information content (AvgIpc) is 2.97. The first-order valence-electron chi connectivity index (χ1n) is 7.12. The Morgan fingerprint density at radius 1 is 1.17 bits per heavy atom. The number of hydrogen-bond acceptors (Lipinski definition) is 4. The van der Waals surface area contributed by atoms with Crippen LogP contribution in [0.3, 0.4) is 0 Å². The lowest BCUT2D eigenvalue weighted by atomic mass is 10.1. The first-order chi connectivity index (χ1) is 11.1. The Morgan fingerprint density at radius 3 is 2.61 bits per heavy atom. The topological polar surface area (TPSA) is 54.0 Å². The molecule has 0 unspecified atom stereocenters. The van der Waals surface area contributed by atoms with Crippen molar-refractivity contribution in [1.82, 2.24) is 15.6 Å². The van der Waals surface area contributed by atoms with Crippen molar-refractivity contribution in [1.29, 1.82) is 0 Å². The predicted octanol–water partition coefficient (Wildman–Crippen LogP) is 3.47. The molecule has 2 aromatic carbocycles. The molecule has 0 radical (unpaired) electrons. The van der Waals surface area contributed by atoms with Crippen LogP contribution in [0, 0.1) is 0 Å². The smallest absolute Gasteiger partial charge is 0.222 e. The molecule has 2 N–H and O–H groups in total. The molecule has 23 heavy (non-hydrogen) atoms. The van der Waals surface area contributed by atoms with Gasteiger partial charge >= 0.3 is 0 Å². The lowest BCUT2D eigenvalue weighted by Gasteiger charge is -2.08. The quantitative estimate of drug-likeness (QED) is 0.716. The Kier molecular flexibility index (Phi) is 4.64. The van der Waals surface area contributed by atoms with E-state index in [0.29, 0.717) is 11.7 Å². The number of carbonyl (C=O) groups is 1. The van der Waals surface area contributed by atoms with Crippen molar-refractivity contribution in [2.45, 2.75) is 13.5 Å². The second kappa shape index (κ2) is 6.85. The third-order valence-electron chi connectivity index (χ3n) is 3.24. The van der Waals surface area contributed by atoms with Crippen LogP contribution in [0.1, 0.15) is 12.5 Å². The molecule has 4 nitrogen and oxygen atoms in total. The van der Waals surface area contributed by atoms with Crippen LogP contribution in [-0.4, -0.2) is 16.0 Å². The van der Waals surface area contributed by atoms with E-state index in [1.165, 1.54) is 11.6 Å². The minimum Gasteiger partial charge on any atom is -0.358 e. The van der Waals surface area contributed by atoms with E-state index in [1.807, 2.05) is 30.3 Å². The first kappa shape index (κ1) is 15.6. The van der Waals surface area contributed by atoms with Crippen molar-refractivity contribution in [3.05, 3.63) is 54.1 Å². The zero-order valence-corrected chi connectivity index (χ0v) is 14.1. The maximum absolute atomic E-state index is 10.9. The minimum atomic E-state index is -0.173. The third kappa shape index (κ3) is 3.91. The normalized spacial score (nSPS) is 10.5. The number of nitrogens with one attached hydrogen (secondary N) is 2. The number of thiocarbonyl (C=S) groups is 1. The van der Waals surface area contributed by atoms with Gasteiger partial charge in [-0.05, 0) is 29.9 Å². The maximum Gasteiger partial charge on any atom is 0.222 e. The number of amides is 1. The summed E-state index contributed by atoms with van der Waals surface area (Å²) in [7, 11) is 0. The van der Waals surface area contributed by atoms with Crippen molar-refractivity contribution in [2.24, 2.45) is 0 Å². The van der Waals surface area contributed by atoms with Crippen molar-refractivity contribution >= 4 is 44.8 Å². The second-order valence-electron chi connectivity index (χ2n) is 5.05. The fourth-order valence-electron chi connectivity index (χ4n) is 2.15. The SMILES string of the molecule is CC(=O)NC(=S)NCc1ccc(-c2nc3ccccc3s2)cc1. The van der Waals surface area contributed by atoms with E-state index in [9.17, 15) is 4.79 Å². The molecule has 0 aliphatic carbocycles. The highest BCUT2D eigenvalue weighted by Gasteiger charge is 2.06. The van der Waals surface area contributed by atoms with Gasteiger partial charge in [-0.2, -0.15) is 0 Å². The van der Waals surface area contributed by atoms with Gasteiger partial charge in [-0.3, -0.25) is 4.79 Å². The molecule has 1 heterocycles. The highest BCUT2D eigenvalue weighted by molar-refractivity contribution is 7.80. The predicted molar refractivity (Wildman–Crippen MR) is 98.3 cm³/mol. The summed E-state index contributed by atoms with van der Waals surface area (Å²) in [5.74, 6) is -0.173. The van der Waals surface area contributed by atoms with Crippen LogP contribution in [0.15, 0.2) is 48.5 Å². The summed E-state index contributed by atoms with van der Waals surface area (Å²) in [6, 6.07) is 16.3. The number of fused-ring (bicyclic) bond motifs is 1. The minimum absolute atomic E-state index is 0.173. The van der Waals surface area contributed by atoms with Gasteiger partial charge in [0, 0.05) is 19.0 Å². The number of thiazole rings is 1. The number of rotatable bonds is 3. The van der Waals surface area contributed by atoms with E-state index in [1.54, 1.807) is 11.3 Å². The van der Waals surface area contributed by atoms with Gasteiger partial charge in [0.1, 0.15) is 5.01 Å². The van der Waals surface area contributed by atoms with E-state index in [2.05, 4.69) is 33.8 Å². The molecule has 1 amide bonds. The number of carbonyl (C=O) groups excluding carboxylic acids is 1. The fraction of sp³-hybridized carbons (Fsp3) is 0.118. The zero-order chi connectivity index (χ0) is 16.2. The Morgan fingerprint density at radius 2 is 1.91 bits per heavy atom. The van der Waals surface area contributed by atoms with Crippen molar-refractivity contribution < 1.29 is 4.79 Å². The van der Waals surface area contributed by atoms with E-state index < -0.39 is 0 Å². The van der Waals surface area contributed by atoms with Gasteiger partial charge in [0.05, 0.1) is 10.2 Å². The Labute approximate surface area is 143 Å². The highest BCUT2D eigenvalue weighted by Crippen LogP contribution is 2.29. The van der Waals surface area contributed by atoms with Gasteiger partial charge in [-0.1, -0.05) is 36.4 Å². The molecular formula is C17H15N3OS2. The van der Waals surface area contributed by atoms with E-state index in [4.69, 9.17) is 12.2 Å². The molecule has 116 valence electrons. The molecule has 6 heteroatoms. The Hall–Kier alpha value is -2.31. The van der Waals surface area contributed by atoms with Crippen molar-refractivity contribution in [3.63, 3.8) is 0 Å².